The SMILES string of the molecule is CCOC(=O)n1nc(NC(=O)c2ccccc2[N+](=O)O)c2cc(C(=O)NC(C)(C)c3ccccc3)sc21. The number of benzene rings is 2. The normalized spacial score (nSPS) is 11.2. The molecule has 0 aliphatic rings. The van der Waals surface area contributed by atoms with Gasteiger partial charge in [-0.1, -0.05) is 42.5 Å². The maximum atomic E-state index is 13.2. The van der Waals surface area contributed by atoms with Gasteiger partial charge in [0, 0.05) is 6.07 Å². The van der Waals surface area contributed by atoms with E-state index in [2.05, 4.69) is 15.7 Å². The molecule has 37 heavy (non-hydrogen) atoms. The zero-order chi connectivity index (χ0) is 26.7. The molecular weight excluding hydrogens is 498 g/mol. The first kappa shape index (κ1) is 25.5. The molecule has 2 aromatic heterocycles. The van der Waals surface area contributed by atoms with Gasteiger partial charge in [-0.05, 0) is 38.5 Å². The standard InChI is InChI=1S/C25H23N5O6S/c1-4-36-24(33)29-23-17(20(28-29)26-21(31)16-12-8-9-13-18(16)30(34)35)14-19(37-23)22(32)27-25(2,3)15-10-6-5-7-11-15/h5-14H,4H2,1-3H3,(H2-,26,27,28,31,32,34,35)/p+1. The van der Waals surface area contributed by atoms with Gasteiger partial charge in [0.2, 0.25) is 0 Å². The summed E-state index contributed by atoms with van der Waals surface area (Å²) in [5, 5.41) is 19.4. The number of nitrogens with one attached hydrogen (secondary N) is 2. The van der Waals surface area contributed by atoms with Crippen molar-refractivity contribution in [1.29, 1.82) is 0 Å². The van der Waals surface area contributed by atoms with E-state index >= 15 is 0 Å². The maximum absolute atomic E-state index is 13.2. The van der Waals surface area contributed by atoms with Crippen molar-refractivity contribution in [3.05, 3.63) is 81.6 Å². The summed E-state index contributed by atoms with van der Waals surface area (Å²) in [6, 6.07) is 16.6. The summed E-state index contributed by atoms with van der Waals surface area (Å²) in [7, 11) is 0. The first-order valence-electron chi connectivity index (χ1n) is 11.3. The monoisotopic (exact) mass is 522 g/mol. The molecule has 0 saturated carbocycles. The highest BCUT2D eigenvalue weighted by atomic mass is 32.1. The van der Waals surface area contributed by atoms with Crippen LogP contribution in [0.15, 0.2) is 60.7 Å². The molecular formula is C25H24N5O6S+. The Kier molecular flexibility index (Phi) is 7.02. The molecule has 2 amide bonds. The van der Waals surface area contributed by atoms with Gasteiger partial charge >= 0.3 is 11.8 Å². The second-order valence-corrected chi connectivity index (χ2v) is 9.51. The summed E-state index contributed by atoms with van der Waals surface area (Å²) < 4.78 is 6.04. The van der Waals surface area contributed by atoms with Crippen LogP contribution in [0.1, 0.15) is 46.4 Å². The molecule has 0 unspecified atom stereocenters. The second kappa shape index (κ2) is 10.2. The van der Waals surface area contributed by atoms with Crippen LogP contribution < -0.4 is 10.6 Å². The number of fused-ring (bicyclic) bond motifs is 1. The fraction of sp³-hybridized carbons (Fsp3) is 0.200. The van der Waals surface area contributed by atoms with Crippen LogP contribution in [-0.4, -0.2) is 44.4 Å². The van der Waals surface area contributed by atoms with Crippen molar-refractivity contribution in [3.63, 3.8) is 0 Å². The molecule has 2 heterocycles. The average Bonchev–Trinajstić information content (AvgIpc) is 3.45. The molecule has 190 valence electrons. The van der Waals surface area contributed by atoms with Crippen molar-refractivity contribution in [3.8, 4) is 0 Å². The van der Waals surface area contributed by atoms with Gasteiger partial charge in [0.15, 0.2) is 5.82 Å². The van der Waals surface area contributed by atoms with Gasteiger partial charge in [0.05, 0.1) is 27.3 Å². The molecule has 2 aromatic carbocycles. The van der Waals surface area contributed by atoms with Crippen LogP contribution in [0, 0.1) is 4.91 Å². The van der Waals surface area contributed by atoms with Crippen molar-refractivity contribution in [1.82, 2.24) is 15.1 Å². The molecule has 0 fully saturated rings. The van der Waals surface area contributed by atoms with Crippen LogP contribution in [0.4, 0.5) is 16.3 Å². The molecule has 0 bridgehead atoms. The molecule has 11 nitrogen and oxygen atoms in total. The van der Waals surface area contributed by atoms with Crippen LogP contribution in [0.5, 0.6) is 0 Å². The predicted octanol–water partition coefficient (Wildman–Crippen LogP) is 4.82. The largest absolute Gasteiger partial charge is 0.448 e. The zero-order valence-corrected chi connectivity index (χ0v) is 21.0. The van der Waals surface area contributed by atoms with Gasteiger partial charge in [0.1, 0.15) is 10.4 Å². The van der Waals surface area contributed by atoms with Crippen LogP contribution >= 0.6 is 11.3 Å². The molecule has 3 N–H and O–H groups in total. The van der Waals surface area contributed by atoms with E-state index in [1.165, 1.54) is 30.3 Å². The summed E-state index contributed by atoms with van der Waals surface area (Å²) >= 11 is 1.01. The topological polar surface area (TPSA) is 143 Å². The number of anilines is 1. The Bertz CT molecular complexity index is 1510. The predicted molar refractivity (Wildman–Crippen MR) is 136 cm³/mol. The van der Waals surface area contributed by atoms with Crippen molar-refractivity contribution in [2.45, 2.75) is 26.3 Å². The van der Waals surface area contributed by atoms with Gasteiger partial charge in [-0.15, -0.1) is 16.4 Å². The lowest BCUT2D eigenvalue weighted by Gasteiger charge is -2.26. The number of carbonyl (C=O) groups excluding carboxylic acids is 3. The van der Waals surface area contributed by atoms with E-state index < -0.39 is 22.5 Å². The molecule has 12 heteroatoms. The molecule has 0 aliphatic carbocycles. The summed E-state index contributed by atoms with van der Waals surface area (Å²) in [5.74, 6) is -1.14. The van der Waals surface area contributed by atoms with Gasteiger partial charge in [-0.25, -0.2) is 10.0 Å². The Morgan fingerprint density at radius 2 is 1.76 bits per heavy atom. The third-order valence-electron chi connectivity index (χ3n) is 5.53. The lowest BCUT2D eigenvalue weighted by molar-refractivity contribution is -0.729. The van der Waals surface area contributed by atoms with Crippen LogP contribution in [-0.2, 0) is 10.3 Å². The lowest BCUT2D eigenvalue weighted by Crippen LogP contribution is -2.40. The third-order valence-corrected chi connectivity index (χ3v) is 6.64. The van der Waals surface area contributed by atoms with E-state index in [1.54, 1.807) is 6.92 Å². The smallest absolute Gasteiger partial charge is 0.436 e. The number of nitrogens with zero attached hydrogens (tertiary/aromatic N) is 3. The van der Waals surface area contributed by atoms with E-state index in [1.807, 2.05) is 44.2 Å². The number of para-hydroxylation sites is 1. The summed E-state index contributed by atoms with van der Waals surface area (Å²) in [5.41, 5.74) is -0.159. The zero-order valence-electron chi connectivity index (χ0n) is 20.2. The number of aromatic nitrogens is 2. The number of carbonyl (C=O) groups is 3. The molecule has 0 atom stereocenters. The minimum absolute atomic E-state index is 0.0177. The van der Waals surface area contributed by atoms with E-state index in [0.717, 1.165) is 21.6 Å². The average molecular weight is 523 g/mol. The molecule has 4 rings (SSSR count). The fourth-order valence-electron chi connectivity index (χ4n) is 3.70. The second-order valence-electron chi connectivity index (χ2n) is 8.48. The van der Waals surface area contributed by atoms with Gasteiger partial charge in [-0.3, -0.25) is 9.59 Å². The Morgan fingerprint density at radius 3 is 2.43 bits per heavy atom. The van der Waals surface area contributed by atoms with Crippen molar-refractivity contribution in [2.75, 3.05) is 11.9 Å². The summed E-state index contributed by atoms with van der Waals surface area (Å²) in [4.78, 5) is 50.3. The van der Waals surface area contributed by atoms with Gasteiger partial charge in [-0.2, -0.15) is 4.68 Å². The number of hydrogen-bond acceptors (Lipinski definition) is 7. The number of amides is 2. The first-order valence-corrected chi connectivity index (χ1v) is 12.1. The third kappa shape index (κ3) is 5.19. The molecule has 0 spiro atoms. The Balaban J connectivity index is 1.70. The first-order chi connectivity index (χ1) is 17.6. The minimum Gasteiger partial charge on any atom is -0.448 e. The van der Waals surface area contributed by atoms with Crippen LogP contribution in [0.25, 0.3) is 10.2 Å². The number of ether oxygens (including phenoxy) is 1. The summed E-state index contributed by atoms with van der Waals surface area (Å²) in [6.07, 6.45) is -0.784. The number of rotatable bonds is 7. The minimum atomic E-state index is -0.784. The van der Waals surface area contributed by atoms with Crippen molar-refractivity contribution < 1.29 is 29.3 Å². The van der Waals surface area contributed by atoms with E-state index in [4.69, 9.17) is 4.74 Å². The molecule has 4 aromatic rings. The highest BCUT2D eigenvalue weighted by Crippen LogP contribution is 2.33. The lowest BCUT2D eigenvalue weighted by atomic mass is 9.94. The van der Waals surface area contributed by atoms with Gasteiger partial charge < -0.3 is 15.4 Å². The molecule has 0 saturated heterocycles. The van der Waals surface area contributed by atoms with E-state index in [0.29, 0.717) is 5.39 Å². The highest BCUT2D eigenvalue weighted by Gasteiger charge is 2.29. The Labute approximate surface area is 215 Å². The fourth-order valence-corrected chi connectivity index (χ4v) is 4.70. The quantitative estimate of drug-likeness (QED) is 0.295. The Morgan fingerprint density at radius 1 is 1.08 bits per heavy atom. The number of thiophene rings is 1. The maximum Gasteiger partial charge on any atom is 0.436 e. The van der Waals surface area contributed by atoms with E-state index in [-0.39, 0.29) is 39.3 Å². The van der Waals surface area contributed by atoms with Crippen LogP contribution in [0.2, 0.25) is 0 Å². The molecule has 0 aliphatic heterocycles. The van der Waals surface area contributed by atoms with Crippen molar-refractivity contribution in [2.24, 2.45) is 0 Å². The summed E-state index contributed by atoms with van der Waals surface area (Å²) in [6.45, 7) is 5.48. The molecule has 0 radical (unpaired) electrons. The Hall–Kier alpha value is -4.58. The van der Waals surface area contributed by atoms with Crippen molar-refractivity contribution >= 4 is 51.0 Å². The highest BCUT2D eigenvalue weighted by molar-refractivity contribution is 7.20. The van der Waals surface area contributed by atoms with Crippen LogP contribution in [0.3, 0.4) is 0 Å². The number of hydrogen-bond donors (Lipinski definition) is 3. The van der Waals surface area contributed by atoms with Gasteiger partial charge in [0.25, 0.3) is 16.7 Å². The van der Waals surface area contributed by atoms with E-state index in [9.17, 15) is 24.5 Å².